The number of nitrogens with zero attached hydrogens (tertiary/aromatic N) is 1. The van der Waals surface area contributed by atoms with Crippen molar-refractivity contribution in [2.75, 3.05) is 4.90 Å². The van der Waals surface area contributed by atoms with Gasteiger partial charge in [-0.25, -0.2) is 0 Å². The normalized spacial score (nSPS) is 13.0. The quantitative estimate of drug-likeness (QED) is 0.200. The average molecular weight is 546 g/mol. The van der Waals surface area contributed by atoms with E-state index in [0.29, 0.717) is 0 Å². The van der Waals surface area contributed by atoms with Crippen LogP contribution in [0.1, 0.15) is 0 Å². The molecule has 198 valence electrons. The van der Waals surface area contributed by atoms with Crippen molar-refractivity contribution in [3.8, 4) is 33.8 Å². The summed E-state index contributed by atoms with van der Waals surface area (Å²) in [4.78, 5) is 2.31. The first kappa shape index (κ1) is 25.1. The van der Waals surface area contributed by atoms with Gasteiger partial charge in [0.2, 0.25) is 0 Å². The van der Waals surface area contributed by atoms with Crippen molar-refractivity contribution < 1.29 is 4.74 Å². The Bertz CT molecular complexity index is 1810. The van der Waals surface area contributed by atoms with Gasteiger partial charge in [-0.3, -0.25) is 0 Å². The molecule has 0 saturated carbocycles. The summed E-state index contributed by atoms with van der Waals surface area (Å²) in [6.45, 7) is 4.84. The van der Waals surface area contributed by atoms with Crippen LogP contribution in [0, 0.1) is 0 Å². The topological polar surface area (TPSA) is 12.5 Å². The SMILES string of the molecule is C[Si]1(C)c2ccccc2Oc2ccc(-c3ccc(N(c4ccccc4)c4ccc(-c5ccccc5)cc4)cc3)cc21. The monoisotopic (exact) mass is 545 g/mol. The molecule has 41 heavy (non-hydrogen) atoms. The standard InChI is InChI=1S/C38H31NOSi/c1-41(2)37-16-10-9-15-35(37)40-36-26-21-31(27-38(36)41)30-19-24-34(25-20-30)39(32-13-7-4-8-14-32)33-22-17-29(18-23-33)28-11-5-3-6-12-28/h3-27H,1-2H3. The minimum atomic E-state index is -1.88. The minimum absolute atomic E-state index is 0.995. The van der Waals surface area contributed by atoms with Crippen LogP contribution in [-0.2, 0) is 0 Å². The maximum atomic E-state index is 6.32. The lowest BCUT2D eigenvalue weighted by Gasteiger charge is -2.33. The Morgan fingerprint density at radius 3 is 1.54 bits per heavy atom. The average Bonchev–Trinajstić information content (AvgIpc) is 3.03. The molecule has 0 bridgehead atoms. The van der Waals surface area contributed by atoms with Gasteiger partial charge >= 0.3 is 0 Å². The van der Waals surface area contributed by atoms with Gasteiger partial charge in [0.25, 0.3) is 0 Å². The first-order valence-corrected chi connectivity index (χ1v) is 17.1. The van der Waals surface area contributed by atoms with E-state index in [4.69, 9.17) is 4.74 Å². The predicted molar refractivity (Wildman–Crippen MR) is 175 cm³/mol. The van der Waals surface area contributed by atoms with Crippen molar-refractivity contribution in [1.29, 1.82) is 0 Å². The highest BCUT2D eigenvalue weighted by atomic mass is 28.3. The van der Waals surface area contributed by atoms with Crippen molar-refractivity contribution in [3.63, 3.8) is 0 Å². The van der Waals surface area contributed by atoms with Crippen LogP contribution in [0.5, 0.6) is 11.5 Å². The second kappa shape index (κ2) is 10.3. The van der Waals surface area contributed by atoms with E-state index in [1.54, 1.807) is 0 Å². The Kier molecular flexibility index (Phi) is 6.30. The third-order valence-electron chi connectivity index (χ3n) is 8.14. The second-order valence-electron chi connectivity index (χ2n) is 11.1. The fourth-order valence-corrected chi connectivity index (χ4v) is 8.70. The summed E-state index contributed by atoms with van der Waals surface area (Å²) in [7, 11) is -1.88. The van der Waals surface area contributed by atoms with Crippen molar-refractivity contribution >= 4 is 35.5 Å². The van der Waals surface area contributed by atoms with E-state index >= 15 is 0 Å². The Labute approximate surface area is 243 Å². The molecule has 0 radical (unpaired) electrons. The number of hydrogen-bond donors (Lipinski definition) is 0. The van der Waals surface area contributed by atoms with Crippen LogP contribution >= 0.6 is 0 Å². The smallest absolute Gasteiger partial charge is 0.127 e. The number of anilines is 3. The molecule has 7 rings (SSSR count). The van der Waals surface area contributed by atoms with Crippen LogP contribution in [0.4, 0.5) is 17.1 Å². The molecule has 1 heterocycles. The summed E-state index contributed by atoms with van der Waals surface area (Å²) in [6, 6.07) is 54.0. The van der Waals surface area contributed by atoms with Gasteiger partial charge in [0.05, 0.1) is 0 Å². The molecule has 6 aromatic rings. The summed E-state index contributed by atoms with van der Waals surface area (Å²) in [5.74, 6) is 2.00. The van der Waals surface area contributed by atoms with Gasteiger partial charge in [-0.2, -0.15) is 0 Å². The van der Waals surface area contributed by atoms with Gasteiger partial charge in [-0.1, -0.05) is 116 Å². The zero-order valence-electron chi connectivity index (χ0n) is 23.3. The first-order valence-electron chi connectivity index (χ1n) is 14.1. The van der Waals surface area contributed by atoms with Gasteiger partial charge in [0, 0.05) is 17.1 Å². The van der Waals surface area contributed by atoms with Crippen molar-refractivity contribution in [1.82, 2.24) is 0 Å². The van der Waals surface area contributed by atoms with Gasteiger partial charge in [0.15, 0.2) is 0 Å². The molecule has 0 amide bonds. The zero-order chi connectivity index (χ0) is 27.8. The third-order valence-corrected chi connectivity index (χ3v) is 11.6. The van der Waals surface area contributed by atoms with E-state index in [0.717, 1.165) is 28.6 Å². The number of fused-ring (bicyclic) bond motifs is 2. The molecule has 0 fully saturated rings. The maximum Gasteiger partial charge on any atom is 0.127 e. The molecular formula is C38H31NOSi. The molecule has 0 aliphatic carbocycles. The number of para-hydroxylation sites is 2. The molecule has 1 aliphatic heterocycles. The molecule has 1 aliphatic rings. The van der Waals surface area contributed by atoms with Gasteiger partial charge in [-0.15, -0.1) is 0 Å². The maximum absolute atomic E-state index is 6.32. The summed E-state index contributed by atoms with van der Waals surface area (Å²) >= 11 is 0. The highest BCUT2D eigenvalue weighted by molar-refractivity contribution is 7.01. The van der Waals surface area contributed by atoms with Crippen LogP contribution in [0.25, 0.3) is 22.3 Å². The van der Waals surface area contributed by atoms with Crippen LogP contribution in [0.15, 0.2) is 152 Å². The Morgan fingerprint density at radius 1 is 0.415 bits per heavy atom. The lowest BCUT2D eigenvalue weighted by atomic mass is 10.0. The van der Waals surface area contributed by atoms with Crippen LogP contribution in [-0.4, -0.2) is 8.07 Å². The highest BCUT2D eigenvalue weighted by Gasteiger charge is 2.36. The molecule has 6 aromatic carbocycles. The van der Waals surface area contributed by atoms with Crippen LogP contribution < -0.4 is 20.0 Å². The van der Waals surface area contributed by atoms with Crippen molar-refractivity contribution in [2.24, 2.45) is 0 Å². The van der Waals surface area contributed by atoms with Crippen molar-refractivity contribution in [3.05, 3.63) is 152 Å². The third kappa shape index (κ3) is 4.65. The number of ether oxygens (including phenoxy) is 1. The van der Waals surface area contributed by atoms with Gasteiger partial charge < -0.3 is 9.64 Å². The second-order valence-corrected chi connectivity index (χ2v) is 15.4. The molecular weight excluding hydrogens is 515 g/mol. The van der Waals surface area contributed by atoms with Crippen LogP contribution in [0.3, 0.4) is 0 Å². The number of hydrogen-bond acceptors (Lipinski definition) is 2. The fourth-order valence-electron chi connectivity index (χ4n) is 5.88. The lowest BCUT2D eigenvalue weighted by Crippen LogP contribution is -2.55. The minimum Gasteiger partial charge on any atom is -0.458 e. The Hall–Kier alpha value is -4.86. The fraction of sp³-hybridized carbons (Fsp3) is 0.0526. The Balaban J connectivity index is 1.23. The molecule has 0 spiro atoms. The lowest BCUT2D eigenvalue weighted by molar-refractivity contribution is 0.487. The van der Waals surface area contributed by atoms with E-state index in [2.05, 4.69) is 170 Å². The van der Waals surface area contributed by atoms with Gasteiger partial charge in [-0.05, 0) is 81.2 Å². The van der Waals surface area contributed by atoms with E-state index in [-0.39, 0.29) is 0 Å². The molecule has 2 nitrogen and oxygen atoms in total. The highest BCUT2D eigenvalue weighted by Crippen LogP contribution is 2.37. The summed E-state index contributed by atoms with van der Waals surface area (Å²) in [5.41, 5.74) is 8.23. The molecule has 0 N–H and O–H groups in total. The molecule has 0 saturated heterocycles. The number of benzene rings is 6. The first-order chi connectivity index (χ1) is 20.1. The molecule has 3 heteroatoms. The predicted octanol–water partition coefficient (Wildman–Crippen LogP) is 9.42. The van der Waals surface area contributed by atoms with E-state index < -0.39 is 8.07 Å². The molecule has 0 atom stereocenters. The Morgan fingerprint density at radius 2 is 0.878 bits per heavy atom. The van der Waals surface area contributed by atoms with Gasteiger partial charge in [0.1, 0.15) is 19.6 Å². The summed E-state index contributed by atoms with van der Waals surface area (Å²) in [5, 5.41) is 2.71. The molecule has 0 unspecified atom stereocenters. The van der Waals surface area contributed by atoms with E-state index in [9.17, 15) is 0 Å². The molecule has 0 aromatic heterocycles. The van der Waals surface area contributed by atoms with E-state index in [1.807, 2.05) is 0 Å². The zero-order valence-corrected chi connectivity index (χ0v) is 24.3. The summed E-state index contributed by atoms with van der Waals surface area (Å²) < 4.78 is 6.32. The largest absolute Gasteiger partial charge is 0.458 e. The number of rotatable bonds is 5. The summed E-state index contributed by atoms with van der Waals surface area (Å²) in [6.07, 6.45) is 0. The van der Waals surface area contributed by atoms with E-state index in [1.165, 1.54) is 32.6 Å². The van der Waals surface area contributed by atoms with Crippen LogP contribution in [0.2, 0.25) is 13.1 Å². The van der Waals surface area contributed by atoms with Crippen molar-refractivity contribution in [2.45, 2.75) is 13.1 Å².